The largest absolute Gasteiger partial charge is 0.497 e. The topological polar surface area (TPSA) is 29.5 Å². The molecule has 0 fully saturated rings. The zero-order valence-electron chi connectivity index (χ0n) is 10.8. The summed E-state index contributed by atoms with van der Waals surface area (Å²) >= 11 is 0. The average Bonchev–Trinajstić information content (AvgIpc) is 2.47. The first-order valence-corrected chi connectivity index (χ1v) is 6.22. The third kappa shape index (κ3) is 3.55. The summed E-state index contributed by atoms with van der Waals surface area (Å²) in [4.78, 5) is 0. The number of aliphatic hydroxyl groups excluding tert-OH is 1. The minimum atomic E-state index is -0.242. The lowest BCUT2D eigenvalue weighted by atomic mass is 9.92. The van der Waals surface area contributed by atoms with Crippen LogP contribution in [0.25, 0.3) is 0 Å². The van der Waals surface area contributed by atoms with Crippen LogP contribution in [0.2, 0.25) is 0 Å². The second kappa shape index (κ2) is 6.34. The van der Waals surface area contributed by atoms with E-state index in [0.717, 1.165) is 16.9 Å². The van der Waals surface area contributed by atoms with Gasteiger partial charge >= 0.3 is 0 Å². The second-order valence-electron chi connectivity index (χ2n) is 4.48. The van der Waals surface area contributed by atoms with E-state index in [9.17, 15) is 9.50 Å². The van der Waals surface area contributed by atoms with E-state index in [-0.39, 0.29) is 18.3 Å². The summed E-state index contributed by atoms with van der Waals surface area (Å²) in [5.41, 5.74) is 2.06. The molecule has 0 heterocycles. The van der Waals surface area contributed by atoms with Gasteiger partial charge in [-0.1, -0.05) is 24.3 Å². The van der Waals surface area contributed by atoms with E-state index in [1.807, 2.05) is 24.3 Å². The molecule has 2 aromatic carbocycles. The monoisotopic (exact) mass is 260 g/mol. The summed E-state index contributed by atoms with van der Waals surface area (Å²) in [5, 5.41) is 9.52. The van der Waals surface area contributed by atoms with Crippen LogP contribution in [0.1, 0.15) is 17.0 Å². The van der Waals surface area contributed by atoms with Crippen LogP contribution in [0.5, 0.6) is 5.75 Å². The highest BCUT2D eigenvalue weighted by molar-refractivity contribution is 5.31. The zero-order chi connectivity index (χ0) is 13.7. The zero-order valence-corrected chi connectivity index (χ0v) is 10.8. The standard InChI is InChI=1S/C16H17FO2/c1-19-16-8-4-13(5-9-16)14(11-18)10-12-2-6-15(17)7-3-12/h2-9,14,18H,10-11H2,1H3. The molecule has 0 aliphatic rings. The Morgan fingerprint density at radius 2 is 1.68 bits per heavy atom. The first kappa shape index (κ1) is 13.6. The fraction of sp³-hybridized carbons (Fsp3) is 0.250. The summed E-state index contributed by atoms with van der Waals surface area (Å²) < 4.78 is 18.0. The van der Waals surface area contributed by atoms with Gasteiger partial charge in [-0.3, -0.25) is 0 Å². The maximum absolute atomic E-state index is 12.8. The Morgan fingerprint density at radius 3 is 2.21 bits per heavy atom. The van der Waals surface area contributed by atoms with Crippen LogP contribution in [0.3, 0.4) is 0 Å². The summed E-state index contributed by atoms with van der Waals surface area (Å²) in [7, 11) is 1.62. The molecule has 2 aromatic rings. The number of rotatable bonds is 5. The molecule has 0 spiro atoms. The van der Waals surface area contributed by atoms with E-state index >= 15 is 0 Å². The van der Waals surface area contributed by atoms with Gasteiger partial charge in [0.2, 0.25) is 0 Å². The Bertz CT molecular complexity index is 505. The van der Waals surface area contributed by atoms with Gasteiger partial charge < -0.3 is 9.84 Å². The molecule has 0 saturated carbocycles. The van der Waals surface area contributed by atoms with Crippen LogP contribution in [-0.4, -0.2) is 18.8 Å². The lowest BCUT2D eigenvalue weighted by Crippen LogP contribution is -2.07. The van der Waals surface area contributed by atoms with Crippen LogP contribution in [0.15, 0.2) is 48.5 Å². The number of ether oxygens (including phenoxy) is 1. The van der Waals surface area contributed by atoms with Gasteiger partial charge in [-0.05, 0) is 41.8 Å². The van der Waals surface area contributed by atoms with E-state index < -0.39 is 0 Å². The van der Waals surface area contributed by atoms with Crippen LogP contribution >= 0.6 is 0 Å². The van der Waals surface area contributed by atoms with Gasteiger partial charge in [0.15, 0.2) is 0 Å². The Morgan fingerprint density at radius 1 is 1.05 bits per heavy atom. The van der Waals surface area contributed by atoms with E-state index in [4.69, 9.17) is 4.74 Å². The molecular formula is C16H17FO2. The van der Waals surface area contributed by atoms with Crippen molar-refractivity contribution in [1.29, 1.82) is 0 Å². The average molecular weight is 260 g/mol. The van der Waals surface area contributed by atoms with Gasteiger partial charge in [-0.15, -0.1) is 0 Å². The minimum Gasteiger partial charge on any atom is -0.497 e. The smallest absolute Gasteiger partial charge is 0.123 e. The van der Waals surface area contributed by atoms with Crippen molar-refractivity contribution >= 4 is 0 Å². The summed E-state index contributed by atoms with van der Waals surface area (Å²) in [6.07, 6.45) is 0.684. The molecule has 0 amide bonds. The fourth-order valence-corrected chi connectivity index (χ4v) is 2.07. The molecule has 100 valence electrons. The molecule has 0 aromatic heterocycles. The van der Waals surface area contributed by atoms with Crippen molar-refractivity contribution in [3.63, 3.8) is 0 Å². The predicted octanol–water partition coefficient (Wildman–Crippen LogP) is 3.15. The predicted molar refractivity (Wildman–Crippen MR) is 72.9 cm³/mol. The highest BCUT2D eigenvalue weighted by Crippen LogP contribution is 2.23. The van der Waals surface area contributed by atoms with E-state index in [1.54, 1.807) is 19.2 Å². The van der Waals surface area contributed by atoms with Crippen molar-refractivity contribution in [2.24, 2.45) is 0 Å². The Hall–Kier alpha value is -1.87. The van der Waals surface area contributed by atoms with Gasteiger partial charge in [0.1, 0.15) is 11.6 Å². The van der Waals surface area contributed by atoms with Crippen molar-refractivity contribution in [1.82, 2.24) is 0 Å². The van der Waals surface area contributed by atoms with Gasteiger partial charge in [0.05, 0.1) is 13.7 Å². The molecule has 0 bridgehead atoms. The summed E-state index contributed by atoms with van der Waals surface area (Å²) in [5.74, 6) is 0.562. The third-order valence-electron chi connectivity index (χ3n) is 3.20. The SMILES string of the molecule is COc1ccc(C(CO)Cc2ccc(F)cc2)cc1. The van der Waals surface area contributed by atoms with Crippen LogP contribution in [0.4, 0.5) is 4.39 Å². The Labute approximate surface area is 112 Å². The molecular weight excluding hydrogens is 243 g/mol. The number of methoxy groups -OCH3 is 1. The van der Waals surface area contributed by atoms with Crippen LogP contribution < -0.4 is 4.74 Å². The van der Waals surface area contributed by atoms with Crippen molar-refractivity contribution in [3.8, 4) is 5.75 Å². The molecule has 0 aliphatic heterocycles. The van der Waals surface area contributed by atoms with E-state index in [1.165, 1.54) is 12.1 Å². The molecule has 0 radical (unpaired) electrons. The van der Waals surface area contributed by atoms with Gasteiger partial charge in [-0.2, -0.15) is 0 Å². The van der Waals surface area contributed by atoms with E-state index in [0.29, 0.717) is 6.42 Å². The van der Waals surface area contributed by atoms with Crippen LogP contribution in [0, 0.1) is 5.82 Å². The maximum atomic E-state index is 12.8. The van der Waals surface area contributed by atoms with Gasteiger partial charge in [0, 0.05) is 5.92 Å². The lowest BCUT2D eigenvalue weighted by molar-refractivity contribution is 0.264. The first-order chi connectivity index (χ1) is 9.22. The number of benzene rings is 2. The van der Waals surface area contributed by atoms with Crippen molar-refractivity contribution in [2.45, 2.75) is 12.3 Å². The molecule has 19 heavy (non-hydrogen) atoms. The Balaban J connectivity index is 2.12. The van der Waals surface area contributed by atoms with E-state index in [2.05, 4.69) is 0 Å². The summed E-state index contributed by atoms with van der Waals surface area (Å²) in [6, 6.07) is 14.0. The molecule has 0 aliphatic carbocycles. The quantitative estimate of drug-likeness (QED) is 0.894. The molecule has 1 unspecified atom stereocenters. The lowest BCUT2D eigenvalue weighted by Gasteiger charge is -2.15. The molecule has 2 rings (SSSR count). The number of aliphatic hydroxyl groups is 1. The third-order valence-corrected chi connectivity index (χ3v) is 3.20. The molecule has 1 N–H and O–H groups in total. The highest BCUT2D eigenvalue weighted by atomic mass is 19.1. The number of hydrogen-bond donors (Lipinski definition) is 1. The highest BCUT2D eigenvalue weighted by Gasteiger charge is 2.11. The van der Waals surface area contributed by atoms with Crippen LogP contribution in [-0.2, 0) is 6.42 Å². The van der Waals surface area contributed by atoms with Crippen molar-refractivity contribution in [3.05, 3.63) is 65.5 Å². The molecule has 0 saturated heterocycles. The summed E-state index contributed by atoms with van der Waals surface area (Å²) in [6.45, 7) is 0.0592. The maximum Gasteiger partial charge on any atom is 0.123 e. The van der Waals surface area contributed by atoms with Gasteiger partial charge in [-0.25, -0.2) is 4.39 Å². The number of halogens is 1. The first-order valence-electron chi connectivity index (χ1n) is 6.22. The molecule has 1 atom stereocenters. The van der Waals surface area contributed by atoms with Crippen molar-refractivity contribution < 1.29 is 14.2 Å². The van der Waals surface area contributed by atoms with Crippen molar-refractivity contribution in [2.75, 3.05) is 13.7 Å². The van der Waals surface area contributed by atoms with Gasteiger partial charge in [0.25, 0.3) is 0 Å². The molecule has 3 heteroatoms. The normalized spacial score (nSPS) is 12.2. The second-order valence-corrected chi connectivity index (χ2v) is 4.48. The minimum absolute atomic E-state index is 0.0105. The molecule has 2 nitrogen and oxygen atoms in total. The number of hydrogen-bond acceptors (Lipinski definition) is 2. The fourth-order valence-electron chi connectivity index (χ4n) is 2.07. The Kier molecular flexibility index (Phi) is 4.53.